The summed E-state index contributed by atoms with van der Waals surface area (Å²) in [7, 11) is 1.39. The predicted molar refractivity (Wildman–Crippen MR) is 141 cm³/mol. The Morgan fingerprint density at radius 2 is 2.09 bits per heavy atom. The van der Waals surface area contributed by atoms with Crippen molar-refractivity contribution < 1.29 is 14.3 Å². The average molecular weight is 514 g/mol. The molecule has 0 saturated heterocycles. The molecule has 0 saturated carbocycles. The molecule has 1 heterocycles. The third-order valence-corrected chi connectivity index (χ3v) is 7.20. The zero-order chi connectivity index (χ0) is 25.0. The Bertz CT molecular complexity index is 1120. The van der Waals surface area contributed by atoms with Crippen LogP contribution >= 0.6 is 23.4 Å². The van der Waals surface area contributed by atoms with Gasteiger partial charge in [0, 0.05) is 28.2 Å². The Morgan fingerprint density at radius 3 is 2.83 bits per heavy atom. The second-order valence-corrected chi connectivity index (χ2v) is 9.73. The van der Waals surface area contributed by atoms with Gasteiger partial charge in [0.25, 0.3) is 0 Å². The molecule has 186 valence electrons. The van der Waals surface area contributed by atoms with E-state index in [0.717, 1.165) is 58.3 Å². The van der Waals surface area contributed by atoms with Crippen molar-refractivity contribution in [3.8, 4) is 0 Å². The fraction of sp³-hybridized carbons (Fsp3) is 0.370. The number of aromatic nitrogens is 2. The number of nitrogens with one attached hydrogen (secondary N) is 1. The van der Waals surface area contributed by atoms with Gasteiger partial charge in [-0.25, -0.2) is 4.98 Å². The van der Waals surface area contributed by atoms with Gasteiger partial charge in [-0.05, 0) is 55.5 Å². The molecule has 0 bridgehead atoms. The Labute approximate surface area is 216 Å². The summed E-state index contributed by atoms with van der Waals surface area (Å²) in [6.45, 7) is 3.47. The number of nitrogens with zero attached hydrogens (tertiary/aromatic N) is 2. The quantitative estimate of drug-likeness (QED) is 0.138. The molecule has 0 spiro atoms. The number of aldehydes is 1. The van der Waals surface area contributed by atoms with Crippen LogP contribution in [0.2, 0.25) is 5.02 Å². The molecule has 0 radical (unpaired) electrons. The van der Waals surface area contributed by atoms with E-state index >= 15 is 0 Å². The molecule has 3 rings (SSSR count). The summed E-state index contributed by atoms with van der Waals surface area (Å²) >= 11 is 8.18. The Balaban J connectivity index is 1.64. The number of methoxy groups -OCH3 is 1. The molecule has 2 aromatic carbocycles. The second-order valence-electron chi connectivity index (χ2n) is 8.26. The molecule has 0 amide bonds. The van der Waals surface area contributed by atoms with Crippen LogP contribution in [0.1, 0.15) is 46.9 Å². The summed E-state index contributed by atoms with van der Waals surface area (Å²) < 4.78 is 7.23. The van der Waals surface area contributed by atoms with E-state index in [9.17, 15) is 9.59 Å². The van der Waals surface area contributed by atoms with E-state index in [1.54, 1.807) is 23.9 Å². The number of esters is 1. The standard InChI is InChI=1S/C27H32ClN3O3S/c1-3-14-35-27-30-17-23(31(27)18-22-10-4-5-12-24(22)28)11-7-13-29-25(26(33)34-2)16-20-8-6-9-21(15-20)19-32/h4-6,8-10,12,15,17,19,25,29H,3,7,11,13-14,16,18H2,1-2H3/t25-/m0/s1. The van der Waals surface area contributed by atoms with Gasteiger partial charge in [0.05, 0.1) is 13.7 Å². The lowest BCUT2D eigenvalue weighted by Crippen LogP contribution is -2.40. The first-order valence-electron chi connectivity index (χ1n) is 11.8. The van der Waals surface area contributed by atoms with E-state index in [1.807, 2.05) is 42.6 Å². The number of carbonyl (C=O) groups is 2. The fourth-order valence-corrected chi connectivity index (χ4v) is 4.87. The molecule has 8 heteroatoms. The molecular weight excluding hydrogens is 482 g/mol. The molecule has 1 atom stereocenters. The summed E-state index contributed by atoms with van der Waals surface area (Å²) in [4.78, 5) is 28.1. The Kier molecular flexibility index (Phi) is 10.8. The maximum atomic E-state index is 12.3. The highest BCUT2D eigenvalue weighted by Gasteiger charge is 2.19. The smallest absolute Gasteiger partial charge is 0.323 e. The third kappa shape index (κ3) is 7.95. The van der Waals surface area contributed by atoms with Crippen molar-refractivity contribution in [2.45, 2.75) is 50.4 Å². The van der Waals surface area contributed by atoms with Crippen molar-refractivity contribution in [1.29, 1.82) is 0 Å². The van der Waals surface area contributed by atoms with Crippen LogP contribution in [-0.2, 0) is 28.9 Å². The Hall–Kier alpha value is -2.61. The summed E-state index contributed by atoms with van der Waals surface area (Å²) in [5.41, 5.74) is 3.70. The number of hydrogen-bond donors (Lipinski definition) is 1. The highest BCUT2D eigenvalue weighted by atomic mass is 35.5. The highest BCUT2D eigenvalue weighted by molar-refractivity contribution is 7.99. The van der Waals surface area contributed by atoms with E-state index in [2.05, 4.69) is 21.8 Å². The van der Waals surface area contributed by atoms with Crippen LogP contribution in [0.15, 0.2) is 59.9 Å². The monoisotopic (exact) mass is 513 g/mol. The molecule has 0 fully saturated rings. The predicted octanol–water partition coefficient (Wildman–Crippen LogP) is 5.21. The minimum Gasteiger partial charge on any atom is -0.468 e. The molecule has 0 aliphatic heterocycles. The topological polar surface area (TPSA) is 73.2 Å². The van der Waals surface area contributed by atoms with Crippen molar-refractivity contribution in [1.82, 2.24) is 14.9 Å². The number of carbonyl (C=O) groups excluding carboxylic acids is 2. The van der Waals surface area contributed by atoms with Gasteiger partial charge in [0.2, 0.25) is 0 Å². The van der Waals surface area contributed by atoms with E-state index in [1.165, 1.54) is 7.11 Å². The van der Waals surface area contributed by atoms with Gasteiger partial charge in [-0.1, -0.05) is 66.7 Å². The first kappa shape index (κ1) is 27.0. The number of hydrogen-bond acceptors (Lipinski definition) is 6. The maximum absolute atomic E-state index is 12.3. The molecule has 1 aromatic heterocycles. The second kappa shape index (κ2) is 14.1. The van der Waals surface area contributed by atoms with Crippen molar-refractivity contribution >= 4 is 35.6 Å². The van der Waals surface area contributed by atoms with Gasteiger partial charge in [-0.2, -0.15) is 0 Å². The summed E-state index contributed by atoms with van der Waals surface area (Å²) in [6, 6.07) is 14.7. The molecule has 0 aliphatic carbocycles. The van der Waals surface area contributed by atoms with Crippen LogP contribution in [0, 0.1) is 0 Å². The van der Waals surface area contributed by atoms with E-state index in [0.29, 0.717) is 25.1 Å². The number of aryl methyl sites for hydroxylation is 1. The lowest BCUT2D eigenvalue weighted by atomic mass is 10.0. The number of imidazole rings is 1. The maximum Gasteiger partial charge on any atom is 0.323 e. The van der Waals surface area contributed by atoms with E-state index in [4.69, 9.17) is 16.3 Å². The summed E-state index contributed by atoms with van der Waals surface area (Å²) in [5.74, 6) is 0.690. The van der Waals surface area contributed by atoms with Gasteiger partial charge < -0.3 is 14.6 Å². The highest BCUT2D eigenvalue weighted by Crippen LogP contribution is 2.24. The molecule has 35 heavy (non-hydrogen) atoms. The molecule has 0 unspecified atom stereocenters. The molecular formula is C27H32ClN3O3S. The van der Waals surface area contributed by atoms with Gasteiger partial charge >= 0.3 is 5.97 Å². The number of thioether (sulfide) groups is 1. The number of benzene rings is 2. The zero-order valence-electron chi connectivity index (χ0n) is 20.2. The largest absolute Gasteiger partial charge is 0.468 e. The third-order valence-electron chi connectivity index (χ3n) is 5.64. The summed E-state index contributed by atoms with van der Waals surface area (Å²) in [5, 5.41) is 5.07. The normalized spacial score (nSPS) is 11.9. The number of halogens is 1. The lowest BCUT2D eigenvalue weighted by molar-refractivity contribution is -0.143. The lowest BCUT2D eigenvalue weighted by Gasteiger charge is -2.17. The van der Waals surface area contributed by atoms with Gasteiger partial charge in [-0.15, -0.1) is 0 Å². The van der Waals surface area contributed by atoms with Crippen LogP contribution in [0.3, 0.4) is 0 Å². The summed E-state index contributed by atoms with van der Waals surface area (Å²) in [6.07, 6.45) is 5.92. The Morgan fingerprint density at radius 1 is 1.26 bits per heavy atom. The minimum absolute atomic E-state index is 0.316. The zero-order valence-corrected chi connectivity index (χ0v) is 21.8. The van der Waals surface area contributed by atoms with Crippen molar-refractivity contribution in [3.05, 3.63) is 82.1 Å². The average Bonchev–Trinajstić information content (AvgIpc) is 3.26. The van der Waals surface area contributed by atoms with Crippen LogP contribution in [-0.4, -0.2) is 47.3 Å². The first-order valence-corrected chi connectivity index (χ1v) is 13.2. The first-order chi connectivity index (χ1) is 17.0. The van der Waals surface area contributed by atoms with Gasteiger partial charge in [0.15, 0.2) is 5.16 Å². The SMILES string of the molecule is CCCSc1ncc(CCCN[C@@H](Cc2cccc(C=O)c2)C(=O)OC)n1Cc1ccccc1Cl. The molecule has 3 aromatic rings. The molecule has 1 N–H and O–H groups in total. The van der Waals surface area contributed by atoms with E-state index in [-0.39, 0.29) is 5.97 Å². The van der Waals surface area contributed by atoms with Crippen LogP contribution < -0.4 is 5.32 Å². The van der Waals surface area contributed by atoms with Crippen LogP contribution in [0.5, 0.6) is 0 Å². The number of rotatable bonds is 14. The van der Waals surface area contributed by atoms with Crippen LogP contribution in [0.25, 0.3) is 0 Å². The molecule has 0 aliphatic rings. The van der Waals surface area contributed by atoms with Crippen molar-refractivity contribution in [3.63, 3.8) is 0 Å². The van der Waals surface area contributed by atoms with E-state index < -0.39 is 6.04 Å². The van der Waals surface area contributed by atoms with Crippen LogP contribution in [0.4, 0.5) is 0 Å². The molecule has 6 nitrogen and oxygen atoms in total. The number of ether oxygens (including phenoxy) is 1. The van der Waals surface area contributed by atoms with Crippen molar-refractivity contribution in [2.24, 2.45) is 0 Å². The van der Waals surface area contributed by atoms with Crippen molar-refractivity contribution in [2.75, 3.05) is 19.4 Å². The van der Waals surface area contributed by atoms with Gasteiger partial charge in [0.1, 0.15) is 12.3 Å². The minimum atomic E-state index is -0.481. The fourth-order valence-electron chi connectivity index (χ4n) is 3.82. The van der Waals surface area contributed by atoms with Gasteiger partial charge in [-0.3, -0.25) is 9.59 Å².